The average Bonchev–Trinajstić information content (AvgIpc) is 2.07. The Kier molecular flexibility index (Phi) is 3.84. The van der Waals surface area contributed by atoms with Crippen molar-refractivity contribution in [2.24, 2.45) is 5.92 Å². The van der Waals surface area contributed by atoms with Gasteiger partial charge in [0.1, 0.15) is 9.84 Å². The molecule has 0 aliphatic carbocycles. The molecular formula is C8H13ClO4S2. The quantitative estimate of drug-likeness (QED) is 0.726. The van der Waals surface area contributed by atoms with Crippen LogP contribution in [0.15, 0.2) is 11.5 Å². The number of sulfone groups is 1. The van der Waals surface area contributed by atoms with Gasteiger partial charge in [-0.2, -0.15) is 0 Å². The maximum absolute atomic E-state index is 11.1. The zero-order chi connectivity index (χ0) is 11.7. The van der Waals surface area contributed by atoms with E-state index in [-0.39, 0.29) is 28.7 Å². The Balaban J connectivity index is 2.54. The lowest BCUT2D eigenvalue weighted by Crippen LogP contribution is -2.23. The molecule has 0 saturated carbocycles. The van der Waals surface area contributed by atoms with Gasteiger partial charge in [-0.1, -0.05) is 6.58 Å². The first-order chi connectivity index (χ1) is 6.71. The smallest absolute Gasteiger partial charge is 0.229 e. The molecule has 0 unspecified atom stereocenters. The predicted octanol–water partition coefficient (Wildman–Crippen LogP) is 1.28. The monoisotopic (exact) mass is 272 g/mol. The second-order valence-corrected chi connectivity index (χ2v) is 8.75. The van der Waals surface area contributed by atoms with E-state index in [0.717, 1.165) is 0 Å². The minimum Gasteiger partial charge on any atom is -0.229 e. The third-order valence-electron chi connectivity index (χ3n) is 2.54. The molecule has 1 rings (SSSR count). The molecule has 0 aromatic rings. The van der Waals surface area contributed by atoms with Gasteiger partial charge < -0.3 is 0 Å². The molecule has 0 bridgehead atoms. The summed E-state index contributed by atoms with van der Waals surface area (Å²) in [5.74, 6) is 0.329. The molecule has 7 heteroatoms. The van der Waals surface area contributed by atoms with Gasteiger partial charge in [0, 0.05) is 10.7 Å². The van der Waals surface area contributed by atoms with Crippen LogP contribution in [0, 0.1) is 5.92 Å². The highest BCUT2D eigenvalue weighted by Crippen LogP contribution is 2.27. The molecule has 0 amide bonds. The van der Waals surface area contributed by atoms with Crippen molar-refractivity contribution in [3.8, 4) is 0 Å². The molecule has 1 saturated heterocycles. The molecule has 0 atom stereocenters. The SMILES string of the molecule is C=C(CC1CCS(=O)(=O)CC1)S(=O)(=O)Cl. The second kappa shape index (κ2) is 4.43. The Bertz CT molecular complexity index is 435. The van der Waals surface area contributed by atoms with Crippen LogP contribution in [-0.4, -0.2) is 28.3 Å². The van der Waals surface area contributed by atoms with Gasteiger partial charge in [0.05, 0.1) is 16.4 Å². The minimum absolute atomic E-state index is 0.0199. The molecule has 4 nitrogen and oxygen atoms in total. The molecular weight excluding hydrogens is 260 g/mol. The molecule has 0 spiro atoms. The summed E-state index contributed by atoms with van der Waals surface area (Å²) in [7, 11) is -1.49. The molecule has 0 aromatic carbocycles. The highest BCUT2D eigenvalue weighted by Gasteiger charge is 2.26. The molecule has 15 heavy (non-hydrogen) atoms. The summed E-state index contributed by atoms with van der Waals surface area (Å²) in [5, 5.41) is 0. The molecule has 1 heterocycles. The summed E-state index contributed by atoms with van der Waals surface area (Å²) in [6, 6.07) is 0. The van der Waals surface area contributed by atoms with E-state index in [4.69, 9.17) is 10.7 Å². The van der Waals surface area contributed by atoms with E-state index in [1.54, 1.807) is 0 Å². The van der Waals surface area contributed by atoms with Crippen molar-refractivity contribution in [1.82, 2.24) is 0 Å². The van der Waals surface area contributed by atoms with Crippen LogP contribution < -0.4 is 0 Å². The third kappa shape index (κ3) is 4.12. The molecule has 1 fully saturated rings. The van der Waals surface area contributed by atoms with E-state index in [9.17, 15) is 16.8 Å². The highest BCUT2D eigenvalue weighted by molar-refractivity contribution is 8.16. The Morgan fingerprint density at radius 3 is 2.20 bits per heavy atom. The van der Waals surface area contributed by atoms with Crippen molar-refractivity contribution in [2.75, 3.05) is 11.5 Å². The lowest BCUT2D eigenvalue weighted by Gasteiger charge is -2.21. The van der Waals surface area contributed by atoms with Crippen LogP contribution in [0.5, 0.6) is 0 Å². The van der Waals surface area contributed by atoms with Crippen LogP contribution in [0.3, 0.4) is 0 Å². The van der Waals surface area contributed by atoms with Crippen molar-refractivity contribution in [3.63, 3.8) is 0 Å². The number of rotatable bonds is 3. The number of allylic oxidation sites excluding steroid dienone is 1. The third-order valence-corrected chi connectivity index (χ3v) is 5.76. The van der Waals surface area contributed by atoms with E-state index in [2.05, 4.69) is 6.58 Å². The zero-order valence-electron chi connectivity index (χ0n) is 8.15. The molecule has 1 aliphatic heterocycles. The van der Waals surface area contributed by atoms with E-state index in [0.29, 0.717) is 12.8 Å². The average molecular weight is 273 g/mol. The van der Waals surface area contributed by atoms with Gasteiger partial charge >= 0.3 is 0 Å². The highest BCUT2D eigenvalue weighted by atomic mass is 35.7. The fraction of sp³-hybridized carbons (Fsp3) is 0.750. The first-order valence-electron chi connectivity index (χ1n) is 4.53. The Hall–Kier alpha value is -0.0700. The summed E-state index contributed by atoms with van der Waals surface area (Å²) in [6.07, 6.45) is 1.25. The standard InChI is InChI=1S/C8H13ClO4S2/c1-7(15(9,12)13)6-8-2-4-14(10,11)5-3-8/h8H,1-6H2. The van der Waals surface area contributed by atoms with Crippen molar-refractivity contribution >= 4 is 29.6 Å². The van der Waals surface area contributed by atoms with Crippen molar-refractivity contribution in [2.45, 2.75) is 19.3 Å². The Labute approximate surface area is 94.7 Å². The van der Waals surface area contributed by atoms with Crippen LogP contribution >= 0.6 is 10.7 Å². The largest absolute Gasteiger partial charge is 0.256 e. The molecule has 0 N–H and O–H groups in total. The van der Waals surface area contributed by atoms with Gasteiger partial charge in [-0.15, -0.1) is 0 Å². The molecule has 0 radical (unpaired) electrons. The van der Waals surface area contributed by atoms with E-state index >= 15 is 0 Å². The lowest BCUT2D eigenvalue weighted by molar-refractivity contribution is 0.466. The summed E-state index contributed by atoms with van der Waals surface area (Å²) in [4.78, 5) is -0.0199. The summed E-state index contributed by atoms with van der Waals surface area (Å²) < 4.78 is 44.0. The second-order valence-electron chi connectivity index (χ2n) is 3.78. The van der Waals surface area contributed by atoms with Crippen LogP contribution in [0.1, 0.15) is 19.3 Å². The van der Waals surface area contributed by atoms with Gasteiger partial charge in [0.15, 0.2) is 0 Å². The predicted molar refractivity (Wildman–Crippen MR) is 59.9 cm³/mol. The molecule has 88 valence electrons. The van der Waals surface area contributed by atoms with E-state index in [1.807, 2.05) is 0 Å². The topological polar surface area (TPSA) is 68.3 Å². The normalized spacial score (nSPS) is 22.5. The Morgan fingerprint density at radius 1 is 1.33 bits per heavy atom. The van der Waals surface area contributed by atoms with Crippen LogP contribution in [-0.2, 0) is 18.9 Å². The number of hydrogen-bond acceptors (Lipinski definition) is 4. The van der Waals surface area contributed by atoms with Gasteiger partial charge in [-0.05, 0) is 25.2 Å². The van der Waals surface area contributed by atoms with Crippen molar-refractivity contribution in [1.29, 1.82) is 0 Å². The maximum atomic E-state index is 11.1. The molecule has 0 aromatic heterocycles. The Morgan fingerprint density at radius 2 is 1.80 bits per heavy atom. The zero-order valence-corrected chi connectivity index (χ0v) is 10.5. The first-order valence-corrected chi connectivity index (χ1v) is 8.67. The van der Waals surface area contributed by atoms with Gasteiger partial charge in [-0.25, -0.2) is 16.8 Å². The molecule has 1 aliphatic rings. The van der Waals surface area contributed by atoms with Crippen LogP contribution in [0.4, 0.5) is 0 Å². The summed E-state index contributed by atoms with van der Waals surface area (Å²) in [5.41, 5.74) is 0. The van der Waals surface area contributed by atoms with Crippen molar-refractivity contribution in [3.05, 3.63) is 11.5 Å². The minimum atomic E-state index is -3.70. The fourth-order valence-electron chi connectivity index (χ4n) is 1.56. The lowest BCUT2D eigenvalue weighted by atomic mass is 9.99. The summed E-state index contributed by atoms with van der Waals surface area (Å²) in [6.45, 7) is 3.39. The van der Waals surface area contributed by atoms with Crippen LogP contribution in [0.25, 0.3) is 0 Å². The van der Waals surface area contributed by atoms with E-state index in [1.165, 1.54) is 0 Å². The summed E-state index contributed by atoms with van der Waals surface area (Å²) >= 11 is 0. The van der Waals surface area contributed by atoms with Gasteiger partial charge in [-0.3, -0.25) is 0 Å². The van der Waals surface area contributed by atoms with Gasteiger partial charge in [0.2, 0.25) is 0 Å². The number of halogens is 1. The maximum Gasteiger partial charge on any atom is 0.256 e. The first kappa shape index (κ1) is 13.0. The van der Waals surface area contributed by atoms with Gasteiger partial charge in [0.25, 0.3) is 9.05 Å². The van der Waals surface area contributed by atoms with Crippen molar-refractivity contribution < 1.29 is 16.8 Å². The fourth-order valence-corrected chi connectivity index (χ4v) is 3.78. The van der Waals surface area contributed by atoms with E-state index < -0.39 is 18.9 Å². The van der Waals surface area contributed by atoms with Crippen LogP contribution in [0.2, 0.25) is 0 Å². The number of hydrogen-bond donors (Lipinski definition) is 0.